The first kappa shape index (κ1) is 25.6. The third-order valence-electron chi connectivity index (χ3n) is 4.33. The summed E-state index contributed by atoms with van der Waals surface area (Å²) in [6.07, 6.45) is -3.02. The van der Waals surface area contributed by atoms with Crippen molar-refractivity contribution in [3.8, 4) is 23.2 Å². The van der Waals surface area contributed by atoms with Crippen molar-refractivity contribution < 1.29 is 39.5 Å². The quantitative estimate of drug-likeness (QED) is 0.330. The average molecular weight is 517 g/mol. The highest BCUT2D eigenvalue weighted by molar-refractivity contribution is 7.99. The van der Waals surface area contributed by atoms with E-state index in [0.29, 0.717) is 12.8 Å². The number of alkyl halides is 9. The van der Waals surface area contributed by atoms with Gasteiger partial charge < -0.3 is 4.57 Å². The van der Waals surface area contributed by atoms with Gasteiger partial charge in [-0.1, -0.05) is 6.92 Å². The average Bonchev–Trinajstić information content (AvgIpc) is 3.15. The smallest absolute Gasteiger partial charge is 0.307 e. The first-order valence-electron chi connectivity index (χ1n) is 9.04. The van der Waals surface area contributed by atoms with E-state index in [0.717, 1.165) is 11.8 Å². The molecule has 0 aliphatic carbocycles. The molecule has 0 saturated carbocycles. The van der Waals surface area contributed by atoms with Crippen molar-refractivity contribution >= 4 is 11.8 Å². The van der Waals surface area contributed by atoms with Crippen molar-refractivity contribution in [2.45, 2.75) is 35.8 Å². The Hall–Kier alpha value is -2.98. The molecule has 0 bridgehead atoms. The molecule has 0 aromatic carbocycles. The van der Waals surface area contributed by atoms with Crippen LogP contribution in [-0.4, -0.2) is 58.5 Å². The second-order valence-electron chi connectivity index (χ2n) is 6.54. The van der Waals surface area contributed by atoms with Gasteiger partial charge >= 0.3 is 23.9 Å². The Balaban J connectivity index is 2.15. The summed E-state index contributed by atoms with van der Waals surface area (Å²) in [5.41, 5.74) is -0.229. The highest BCUT2D eigenvalue weighted by Crippen LogP contribution is 2.56. The molecule has 0 atom stereocenters. The lowest BCUT2D eigenvalue weighted by Crippen LogP contribution is -2.60. The molecule has 3 heterocycles. The Bertz CT molecular complexity index is 1170. The third kappa shape index (κ3) is 4.05. The van der Waals surface area contributed by atoms with Crippen LogP contribution < -0.4 is 0 Å². The van der Waals surface area contributed by atoms with Gasteiger partial charge in [0.2, 0.25) is 5.82 Å². The van der Waals surface area contributed by atoms with Crippen molar-refractivity contribution in [2.75, 3.05) is 5.75 Å². The van der Waals surface area contributed by atoms with Gasteiger partial charge in [-0.15, -0.1) is 22.0 Å². The normalized spacial score (nSPS) is 13.4. The molecule has 0 unspecified atom stereocenters. The molecular weight excluding hydrogens is 505 g/mol. The molecule has 0 radical (unpaired) electrons. The molecule has 0 spiro atoms. The molecule has 0 fully saturated rings. The lowest BCUT2D eigenvalue weighted by Gasteiger charge is -2.32. The Kier molecular flexibility index (Phi) is 6.53. The molecule has 3 aromatic rings. The Morgan fingerprint density at radius 3 is 2.03 bits per heavy atom. The van der Waals surface area contributed by atoms with Gasteiger partial charge in [0, 0.05) is 25.6 Å². The molecule has 3 rings (SSSR count). The maximum absolute atomic E-state index is 14.4. The summed E-state index contributed by atoms with van der Waals surface area (Å²) in [5.74, 6) is -22.5. The van der Waals surface area contributed by atoms with E-state index >= 15 is 0 Å². The summed E-state index contributed by atoms with van der Waals surface area (Å²) in [7, 11) is 0.696. The van der Waals surface area contributed by atoms with Crippen molar-refractivity contribution in [2.24, 2.45) is 7.05 Å². The van der Waals surface area contributed by atoms with Crippen LogP contribution in [0, 0.1) is 0 Å². The minimum Gasteiger partial charge on any atom is -0.307 e. The molecule has 3 aromatic heterocycles. The minimum absolute atomic E-state index is 0.000808. The summed E-state index contributed by atoms with van der Waals surface area (Å²) < 4.78 is 121. The lowest BCUT2D eigenvalue weighted by molar-refractivity contribution is -0.401. The van der Waals surface area contributed by atoms with Crippen molar-refractivity contribution in [3.05, 3.63) is 30.5 Å². The van der Waals surface area contributed by atoms with Crippen LogP contribution in [0.5, 0.6) is 0 Å². The van der Waals surface area contributed by atoms with E-state index in [1.165, 1.54) is 24.7 Å². The zero-order valence-corrected chi connectivity index (χ0v) is 17.8. The van der Waals surface area contributed by atoms with Crippen molar-refractivity contribution in [1.29, 1.82) is 0 Å². The van der Waals surface area contributed by atoms with E-state index in [1.54, 1.807) is 6.92 Å². The second kappa shape index (κ2) is 8.66. The predicted molar refractivity (Wildman–Crippen MR) is 99.3 cm³/mol. The molecule has 17 heteroatoms. The van der Waals surface area contributed by atoms with Crippen LogP contribution in [0.1, 0.15) is 12.7 Å². The molecular formula is C17H12F9N7S. The van der Waals surface area contributed by atoms with Crippen LogP contribution >= 0.6 is 11.8 Å². The van der Waals surface area contributed by atoms with E-state index in [2.05, 4.69) is 30.1 Å². The van der Waals surface area contributed by atoms with Gasteiger partial charge in [-0.25, -0.2) is 19.9 Å². The maximum atomic E-state index is 14.4. The van der Waals surface area contributed by atoms with Crippen LogP contribution in [0.3, 0.4) is 0 Å². The van der Waals surface area contributed by atoms with Gasteiger partial charge in [-0.3, -0.25) is 0 Å². The fourth-order valence-electron chi connectivity index (χ4n) is 2.64. The number of hydrogen-bond donors (Lipinski definition) is 0. The first-order valence-corrected chi connectivity index (χ1v) is 10.0. The summed E-state index contributed by atoms with van der Waals surface area (Å²) in [5, 5.41) is 6.13. The van der Waals surface area contributed by atoms with Gasteiger partial charge in [0.05, 0.1) is 4.90 Å². The van der Waals surface area contributed by atoms with E-state index < -0.39 is 35.6 Å². The maximum Gasteiger partial charge on any atom is 0.460 e. The standard InChI is InChI=1S/C17H12F9N7S/c1-3-34-8-7-29-11(10-27-5-4-6-28-10)30-9(8)12-31-32-13(33(12)2)14(18,19)15(20,21)16(22,23)17(24,25)26/h4-7H,3H2,1-2H3. The SMILES string of the molecule is CCSc1cnc(-c2ncccn2)nc1-c1nnc(C(F)(F)C(F)(F)C(F)(F)C(F)(F)F)n1C. The summed E-state index contributed by atoms with van der Waals surface area (Å²) in [6, 6.07) is 1.49. The first-order chi connectivity index (χ1) is 15.7. The summed E-state index contributed by atoms with van der Waals surface area (Å²) in [4.78, 5) is 16.2. The number of rotatable bonds is 7. The summed E-state index contributed by atoms with van der Waals surface area (Å²) >= 11 is 1.09. The minimum atomic E-state index is -7.06. The Labute approximate surface area is 188 Å². The second-order valence-corrected chi connectivity index (χ2v) is 7.84. The lowest BCUT2D eigenvalue weighted by atomic mass is 10.0. The van der Waals surface area contributed by atoms with E-state index in [1.807, 2.05) is 0 Å². The number of nitrogens with zero attached hydrogens (tertiary/aromatic N) is 7. The Morgan fingerprint density at radius 2 is 1.47 bits per heavy atom. The molecule has 0 amide bonds. The van der Waals surface area contributed by atoms with E-state index in [9.17, 15) is 39.5 Å². The zero-order valence-electron chi connectivity index (χ0n) is 17.0. The monoisotopic (exact) mass is 517 g/mol. The van der Waals surface area contributed by atoms with Gasteiger partial charge in [0.25, 0.3) is 0 Å². The van der Waals surface area contributed by atoms with Crippen molar-refractivity contribution in [3.63, 3.8) is 0 Å². The molecule has 34 heavy (non-hydrogen) atoms. The number of thioether (sulfide) groups is 1. The largest absolute Gasteiger partial charge is 0.460 e. The fraction of sp³-hybridized carbons (Fsp3) is 0.412. The highest BCUT2D eigenvalue weighted by atomic mass is 32.2. The predicted octanol–water partition coefficient (Wildman–Crippen LogP) is 4.77. The zero-order chi connectivity index (χ0) is 25.5. The van der Waals surface area contributed by atoms with Crippen LogP contribution in [0.2, 0.25) is 0 Å². The molecule has 0 saturated heterocycles. The van der Waals surface area contributed by atoms with Crippen LogP contribution in [0.25, 0.3) is 23.2 Å². The highest BCUT2D eigenvalue weighted by Gasteiger charge is 2.83. The van der Waals surface area contributed by atoms with Gasteiger partial charge in [-0.2, -0.15) is 39.5 Å². The fourth-order valence-corrected chi connectivity index (χ4v) is 3.35. The number of aromatic nitrogens is 7. The van der Waals surface area contributed by atoms with E-state index in [-0.39, 0.29) is 26.8 Å². The molecule has 0 N–H and O–H groups in total. The van der Waals surface area contributed by atoms with Crippen molar-refractivity contribution in [1.82, 2.24) is 34.7 Å². The third-order valence-corrected chi connectivity index (χ3v) is 5.23. The molecule has 7 nitrogen and oxygen atoms in total. The van der Waals surface area contributed by atoms with Crippen LogP contribution in [0.4, 0.5) is 39.5 Å². The summed E-state index contributed by atoms with van der Waals surface area (Å²) in [6.45, 7) is 1.71. The Morgan fingerprint density at radius 1 is 0.853 bits per heavy atom. The molecule has 184 valence electrons. The topological polar surface area (TPSA) is 82.3 Å². The van der Waals surface area contributed by atoms with E-state index in [4.69, 9.17) is 0 Å². The number of halogens is 9. The molecule has 0 aliphatic heterocycles. The molecule has 0 aliphatic rings. The van der Waals surface area contributed by atoms with Crippen LogP contribution in [0.15, 0.2) is 29.6 Å². The number of hydrogen-bond acceptors (Lipinski definition) is 7. The van der Waals surface area contributed by atoms with Gasteiger partial charge in [-0.05, 0) is 11.8 Å². The van der Waals surface area contributed by atoms with Gasteiger partial charge in [0.15, 0.2) is 17.5 Å². The van der Waals surface area contributed by atoms with Gasteiger partial charge in [0.1, 0.15) is 5.69 Å². The van der Waals surface area contributed by atoms with Crippen LogP contribution in [-0.2, 0) is 13.0 Å².